The van der Waals surface area contributed by atoms with Crippen LogP contribution in [0.5, 0.6) is 0 Å². The number of fused-ring (bicyclic) bond motifs is 1. The lowest BCUT2D eigenvalue weighted by Crippen LogP contribution is -2.45. The lowest BCUT2D eigenvalue weighted by molar-refractivity contribution is -0.135. The molecule has 1 aromatic heterocycles. The van der Waals surface area contributed by atoms with E-state index >= 15 is 0 Å². The number of piperidine rings is 1. The van der Waals surface area contributed by atoms with E-state index < -0.39 is 29.2 Å². The van der Waals surface area contributed by atoms with E-state index in [9.17, 15) is 24.0 Å². The Hall–Kier alpha value is -4.54. The van der Waals surface area contributed by atoms with Gasteiger partial charge in [-0.1, -0.05) is 30.3 Å². The van der Waals surface area contributed by atoms with E-state index in [1.807, 2.05) is 24.3 Å². The van der Waals surface area contributed by atoms with Gasteiger partial charge >= 0.3 is 6.09 Å². The van der Waals surface area contributed by atoms with Crippen LogP contribution >= 0.6 is 0 Å². The van der Waals surface area contributed by atoms with Gasteiger partial charge in [0.15, 0.2) is 0 Å². The van der Waals surface area contributed by atoms with Crippen LogP contribution in [0.25, 0.3) is 10.9 Å². The third-order valence-corrected chi connectivity index (χ3v) is 6.37. The number of anilines is 1. The maximum atomic E-state index is 13.3. The zero-order valence-corrected chi connectivity index (χ0v) is 23.0. The van der Waals surface area contributed by atoms with E-state index in [1.54, 1.807) is 45.9 Å². The van der Waals surface area contributed by atoms with Gasteiger partial charge in [0.1, 0.15) is 23.0 Å². The minimum atomic E-state index is -0.823. The average Bonchev–Trinajstić information content (AvgIpc) is 2.86. The van der Waals surface area contributed by atoms with Gasteiger partial charge in [0.25, 0.3) is 5.56 Å². The van der Waals surface area contributed by atoms with Crippen LogP contribution in [0, 0.1) is 6.92 Å². The van der Waals surface area contributed by atoms with Crippen molar-refractivity contribution in [1.29, 1.82) is 0 Å². The third-order valence-electron chi connectivity index (χ3n) is 6.37. The van der Waals surface area contributed by atoms with Gasteiger partial charge in [-0.25, -0.2) is 9.78 Å². The zero-order chi connectivity index (χ0) is 29.0. The second kappa shape index (κ2) is 11.7. The molecule has 2 aromatic carbocycles. The topological polar surface area (TPSA) is 148 Å². The SMILES string of the molecule is Cc1nc2c(NC(=O)Cc3ccc(CCNC(=O)OC(C)(C)C)cc3)cccc2c(=O)n1C1CCC(=O)NC1=O. The Morgan fingerprint density at radius 3 is 2.45 bits per heavy atom. The number of benzene rings is 2. The number of carbonyl (C=O) groups is 4. The lowest BCUT2D eigenvalue weighted by Gasteiger charge is -2.24. The summed E-state index contributed by atoms with van der Waals surface area (Å²) in [4.78, 5) is 66.4. The second-order valence-electron chi connectivity index (χ2n) is 10.7. The molecule has 11 heteroatoms. The normalized spacial score (nSPS) is 15.4. The smallest absolute Gasteiger partial charge is 0.407 e. The summed E-state index contributed by atoms with van der Waals surface area (Å²) in [5, 5.41) is 8.10. The Labute approximate surface area is 231 Å². The van der Waals surface area contributed by atoms with Crippen molar-refractivity contribution in [1.82, 2.24) is 20.2 Å². The van der Waals surface area contributed by atoms with Crippen molar-refractivity contribution < 1.29 is 23.9 Å². The van der Waals surface area contributed by atoms with E-state index in [0.29, 0.717) is 30.0 Å². The molecule has 4 rings (SSSR count). The van der Waals surface area contributed by atoms with Crippen LogP contribution in [0.4, 0.5) is 10.5 Å². The van der Waals surface area contributed by atoms with Crippen LogP contribution in [0.1, 0.15) is 56.6 Å². The van der Waals surface area contributed by atoms with Crippen LogP contribution in [0.15, 0.2) is 47.3 Å². The van der Waals surface area contributed by atoms with Gasteiger partial charge in [0.2, 0.25) is 17.7 Å². The molecule has 210 valence electrons. The van der Waals surface area contributed by atoms with E-state index in [2.05, 4.69) is 20.9 Å². The predicted molar refractivity (Wildman–Crippen MR) is 149 cm³/mol. The predicted octanol–water partition coefficient (Wildman–Crippen LogP) is 2.93. The molecule has 3 N–H and O–H groups in total. The minimum Gasteiger partial charge on any atom is -0.444 e. The Morgan fingerprint density at radius 2 is 1.77 bits per heavy atom. The van der Waals surface area contributed by atoms with Crippen molar-refractivity contribution in [3.63, 3.8) is 0 Å². The number of hydrogen-bond acceptors (Lipinski definition) is 7. The van der Waals surface area contributed by atoms with Crippen LogP contribution in [-0.2, 0) is 32.0 Å². The maximum Gasteiger partial charge on any atom is 0.407 e. The Bertz CT molecular complexity index is 1520. The van der Waals surface area contributed by atoms with E-state index in [0.717, 1.165) is 11.1 Å². The largest absolute Gasteiger partial charge is 0.444 e. The second-order valence-corrected chi connectivity index (χ2v) is 10.7. The lowest BCUT2D eigenvalue weighted by atomic mass is 10.1. The van der Waals surface area contributed by atoms with Crippen molar-refractivity contribution >= 4 is 40.4 Å². The van der Waals surface area contributed by atoms with Crippen LogP contribution < -0.4 is 21.5 Å². The number of ether oxygens (including phenoxy) is 1. The van der Waals surface area contributed by atoms with Crippen molar-refractivity contribution in [2.24, 2.45) is 0 Å². The number of nitrogens with one attached hydrogen (secondary N) is 3. The quantitative estimate of drug-likeness (QED) is 0.385. The molecule has 4 amide bonds. The minimum absolute atomic E-state index is 0.110. The molecule has 1 fully saturated rings. The number of rotatable bonds is 7. The fourth-order valence-electron chi connectivity index (χ4n) is 4.55. The summed E-state index contributed by atoms with van der Waals surface area (Å²) >= 11 is 0. The molecule has 11 nitrogen and oxygen atoms in total. The number of amides is 4. The number of imide groups is 1. The highest BCUT2D eigenvalue weighted by Gasteiger charge is 2.30. The van der Waals surface area contributed by atoms with Crippen molar-refractivity contribution in [2.75, 3.05) is 11.9 Å². The van der Waals surface area contributed by atoms with Crippen LogP contribution in [-0.4, -0.2) is 45.5 Å². The number of aromatic nitrogens is 2. The first kappa shape index (κ1) is 28.5. The summed E-state index contributed by atoms with van der Waals surface area (Å²) in [6, 6.07) is 11.6. The first-order valence-electron chi connectivity index (χ1n) is 13.1. The molecular weight excluding hydrogens is 514 g/mol. The van der Waals surface area contributed by atoms with Crippen LogP contribution in [0.2, 0.25) is 0 Å². The molecular formula is C29H33N5O6. The highest BCUT2D eigenvalue weighted by molar-refractivity contribution is 6.01. The molecule has 0 radical (unpaired) electrons. The van der Waals surface area contributed by atoms with Crippen molar-refractivity contribution in [3.05, 3.63) is 69.8 Å². The molecule has 2 heterocycles. The van der Waals surface area contributed by atoms with E-state index in [1.165, 1.54) is 4.57 Å². The first-order chi connectivity index (χ1) is 18.9. The first-order valence-corrected chi connectivity index (χ1v) is 13.1. The molecule has 1 atom stereocenters. The van der Waals surface area contributed by atoms with Gasteiger partial charge in [-0.2, -0.15) is 0 Å². The molecule has 0 spiro atoms. The number of para-hydroxylation sites is 1. The number of nitrogens with zero attached hydrogens (tertiary/aromatic N) is 2. The van der Waals surface area contributed by atoms with Gasteiger partial charge in [-0.3, -0.25) is 29.1 Å². The Morgan fingerprint density at radius 1 is 1.07 bits per heavy atom. The van der Waals surface area contributed by atoms with Crippen molar-refractivity contribution in [2.45, 2.75) is 65.0 Å². The molecule has 3 aromatic rings. The van der Waals surface area contributed by atoms with E-state index in [-0.39, 0.29) is 36.5 Å². The zero-order valence-electron chi connectivity index (χ0n) is 23.0. The van der Waals surface area contributed by atoms with Gasteiger partial charge in [0, 0.05) is 13.0 Å². The van der Waals surface area contributed by atoms with Crippen molar-refractivity contribution in [3.8, 4) is 0 Å². The van der Waals surface area contributed by atoms with E-state index in [4.69, 9.17) is 4.74 Å². The third kappa shape index (κ3) is 6.90. The molecule has 40 heavy (non-hydrogen) atoms. The molecule has 0 bridgehead atoms. The molecule has 1 aliphatic rings. The number of carbonyl (C=O) groups excluding carboxylic acids is 4. The summed E-state index contributed by atoms with van der Waals surface area (Å²) < 4.78 is 6.53. The number of aryl methyl sites for hydroxylation is 1. The van der Waals surface area contributed by atoms with Crippen LogP contribution in [0.3, 0.4) is 0 Å². The number of hydrogen-bond donors (Lipinski definition) is 3. The van der Waals surface area contributed by atoms with Gasteiger partial charge in [0.05, 0.1) is 17.5 Å². The van der Waals surface area contributed by atoms with Gasteiger partial charge < -0.3 is 15.4 Å². The molecule has 0 saturated carbocycles. The summed E-state index contributed by atoms with van der Waals surface area (Å²) in [7, 11) is 0. The summed E-state index contributed by atoms with van der Waals surface area (Å²) in [5.41, 5.74) is 1.55. The summed E-state index contributed by atoms with van der Waals surface area (Å²) in [6.07, 6.45) is 0.616. The van der Waals surface area contributed by atoms with Gasteiger partial charge in [-0.15, -0.1) is 0 Å². The molecule has 0 aliphatic carbocycles. The number of alkyl carbamates (subject to hydrolysis) is 1. The monoisotopic (exact) mass is 547 g/mol. The highest BCUT2D eigenvalue weighted by Crippen LogP contribution is 2.23. The van der Waals surface area contributed by atoms with Gasteiger partial charge in [-0.05, 0) is 63.8 Å². The summed E-state index contributed by atoms with van der Waals surface area (Å²) in [5.74, 6) is -0.862. The average molecular weight is 548 g/mol. The summed E-state index contributed by atoms with van der Waals surface area (Å²) in [6.45, 7) is 7.46. The Balaban J connectivity index is 1.41. The fraction of sp³-hybridized carbons (Fsp3) is 0.379. The standard InChI is InChI=1S/C29H33N5O6/c1-17-31-25-20(27(38)34(17)22-12-13-23(35)33-26(22)37)6-5-7-21(25)32-24(36)16-19-10-8-18(9-11-19)14-15-30-28(39)40-29(2,3)4/h5-11,22H,12-16H2,1-4H3,(H,30,39)(H,32,36)(H,33,35,37). The molecule has 1 aliphatic heterocycles. The molecule has 1 unspecified atom stereocenters. The fourth-order valence-corrected chi connectivity index (χ4v) is 4.55. The molecule has 1 saturated heterocycles. The Kier molecular flexibility index (Phi) is 8.32. The highest BCUT2D eigenvalue weighted by atomic mass is 16.6. The maximum absolute atomic E-state index is 13.3.